The molecule has 1 saturated carbocycles. The minimum Gasteiger partial charge on any atom is -0.486 e. The van der Waals surface area contributed by atoms with E-state index in [4.69, 9.17) is 37.4 Å². The predicted molar refractivity (Wildman–Crippen MR) is 114 cm³/mol. The molecule has 2 aromatic carbocycles. The van der Waals surface area contributed by atoms with E-state index < -0.39 is 23.9 Å². The first-order valence-corrected chi connectivity index (χ1v) is 10.6. The Labute approximate surface area is 184 Å². The van der Waals surface area contributed by atoms with Crippen LogP contribution in [0.2, 0.25) is 10.0 Å². The molecular weight excluding hydrogens is 429 g/mol. The van der Waals surface area contributed by atoms with E-state index in [0.717, 1.165) is 18.4 Å². The highest BCUT2D eigenvalue weighted by molar-refractivity contribution is 6.35. The summed E-state index contributed by atoms with van der Waals surface area (Å²) in [5.41, 5.74) is 0.407. The van der Waals surface area contributed by atoms with Gasteiger partial charge in [0.1, 0.15) is 13.2 Å². The Bertz CT molecular complexity index is 972. The summed E-state index contributed by atoms with van der Waals surface area (Å²) in [4.78, 5) is 25.4. The van der Waals surface area contributed by atoms with E-state index in [1.54, 1.807) is 12.1 Å². The van der Waals surface area contributed by atoms with Gasteiger partial charge in [-0.15, -0.1) is 0 Å². The molecule has 0 aromatic heterocycles. The van der Waals surface area contributed by atoms with Crippen molar-refractivity contribution in [2.45, 2.75) is 31.1 Å². The van der Waals surface area contributed by atoms with Gasteiger partial charge in [-0.2, -0.15) is 0 Å². The van der Waals surface area contributed by atoms with Crippen molar-refractivity contribution in [1.82, 2.24) is 0 Å². The summed E-state index contributed by atoms with van der Waals surface area (Å²) < 4.78 is 16.7. The molecule has 0 saturated heterocycles. The van der Waals surface area contributed by atoms with Gasteiger partial charge in [-0.05, 0) is 48.7 Å². The Morgan fingerprint density at radius 3 is 2.50 bits per heavy atom. The van der Waals surface area contributed by atoms with E-state index in [0.29, 0.717) is 53.3 Å². The number of amides is 1. The number of carbonyl (C=O) groups excluding carboxylic acids is 2. The lowest BCUT2D eigenvalue weighted by Crippen LogP contribution is -2.36. The minimum absolute atomic E-state index is 0.350. The Kier molecular flexibility index (Phi) is 6.06. The highest BCUT2D eigenvalue weighted by Crippen LogP contribution is 2.45. The average molecular weight is 450 g/mol. The zero-order valence-electron chi connectivity index (χ0n) is 16.2. The topological polar surface area (TPSA) is 73.9 Å². The monoisotopic (exact) mass is 449 g/mol. The summed E-state index contributed by atoms with van der Waals surface area (Å²) >= 11 is 12.0. The summed E-state index contributed by atoms with van der Waals surface area (Å²) in [6, 6.07) is 10.3. The van der Waals surface area contributed by atoms with Crippen LogP contribution in [0.25, 0.3) is 0 Å². The first-order chi connectivity index (χ1) is 14.5. The van der Waals surface area contributed by atoms with Gasteiger partial charge >= 0.3 is 5.97 Å². The van der Waals surface area contributed by atoms with Crippen LogP contribution in [0, 0.1) is 0 Å². The van der Waals surface area contributed by atoms with Crippen LogP contribution >= 0.6 is 23.2 Å². The second-order valence-corrected chi connectivity index (χ2v) is 8.24. The van der Waals surface area contributed by atoms with Crippen molar-refractivity contribution in [3.8, 4) is 11.5 Å². The predicted octanol–water partition coefficient (Wildman–Crippen LogP) is 4.76. The largest absolute Gasteiger partial charge is 0.486 e. The summed E-state index contributed by atoms with van der Waals surface area (Å²) in [6.07, 6.45) is 3.14. The fourth-order valence-corrected chi connectivity index (χ4v) is 4.32. The van der Waals surface area contributed by atoms with Crippen LogP contribution in [0.4, 0.5) is 5.69 Å². The Balaban J connectivity index is 1.46. The van der Waals surface area contributed by atoms with Crippen molar-refractivity contribution in [3.05, 3.63) is 52.0 Å². The molecule has 1 N–H and O–H groups in total. The number of ether oxygens (including phenoxy) is 3. The maximum atomic E-state index is 13.1. The van der Waals surface area contributed by atoms with Gasteiger partial charge in [0, 0.05) is 5.02 Å². The number of carbonyl (C=O) groups is 2. The van der Waals surface area contributed by atoms with E-state index in [9.17, 15) is 9.59 Å². The number of benzene rings is 2. The molecule has 1 fully saturated rings. The molecule has 2 aromatic rings. The second-order valence-electron chi connectivity index (χ2n) is 7.40. The lowest BCUT2D eigenvalue weighted by Gasteiger charge is -2.28. The summed E-state index contributed by atoms with van der Waals surface area (Å²) in [6.45, 7) is 0.569. The Morgan fingerprint density at radius 1 is 1.00 bits per heavy atom. The van der Waals surface area contributed by atoms with Crippen LogP contribution in [0.1, 0.15) is 31.2 Å². The summed E-state index contributed by atoms with van der Waals surface area (Å²) in [5.74, 6) is 0.405. The lowest BCUT2D eigenvalue weighted by atomic mass is 9.78. The maximum absolute atomic E-state index is 13.1. The fraction of sp³-hybridized carbons (Fsp3) is 0.364. The lowest BCUT2D eigenvalue weighted by molar-refractivity contribution is -0.153. The maximum Gasteiger partial charge on any atom is 0.317 e. The summed E-state index contributed by atoms with van der Waals surface area (Å²) in [7, 11) is 0. The number of anilines is 1. The number of hydrogen-bond acceptors (Lipinski definition) is 5. The molecule has 1 aliphatic heterocycles. The molecule has 6 nitrogen and oxygen atoms in total. The first-order valence-electron chi connectivity index (χ1n) is 9.80. The first kappa shape index (κ1) is 20.8. The third kappa shape index (κ3) is 4.20. The van der Waals surface area contributed by atoms with Gasteiger partial charge < -0.3 is 19.5 Å². The van der Waals surface area contributed by atoms with Gasteiger partial charge in [0.15, 0.2) is 18.1 Å². The highest BCUT2D eigenvalue weighted by Gasteiger charge is 2.45. The number of halogens is 2. The van der Waals surface area contributed by atoms with E-state index in [1.807, 2.05) is 18.2 Å². The van der Waals surface area contributed by atoms with Gasteiger partial charge in [0.2, 0.25) is 0 Å². The number of nitrogens with one attached hydrogen (secondary N) is 1. The molecule has 1 amide bonds. The van der Waals surface area contributed by atoms with Gasteiger partial charge in [-0.25, -0.2) is 0 Å². The van der Waals surface area contributed by atoms with Gasteiger partial charge in [-0.3, -0.25) is 9.59 Å². The molecule has 1 heterocycles. The number of hydrogen-bond donors (Lipinski definition) is 1. The SMILES string of the molecule is O=C(COC(=O)C1(c2ccc3c(c2)OCCO3)CCCC1)Nc1cc(Cl)ccc1Cl. The van der Waals surface area contributed by atoms with E-state index in [2.05, 4.69) is 5.32 Å². The van der Waals surface area contributed by atoms with Crippen molar-refractivity contribution < 1.29 is 23.8 Å². The van der Waals surface area contributed by atoms with Crippen molar-refractivity contribution in [2.24, 2.45) is 0 Å². The minimum atomic E-state index is -0.788. The van der Waals surface area contributed by atoms with Crippen LogP contribution in [0.5, 0.6) is 11.5 Å². The molecule has 8 heteroatoms. The molecule has 30 heavy (non-hydrogen) atoms. The smallest absolute Gasteiger partial charge is 0.317 e. The second kappa shape index (κ2) is 8.74. The van der Waals surface area contributed by atoms with E-state index in [-0.39, 0.29) is 0 Å². The van der Waals surface area contributed by atoms with Crippen molar-refractivity contribution in [2.75, 3.05) is 25.1 Å². The molecular formula is C22H21Cl2NO5. The molecule has 1 aliphatic carbocycles. The Hall–Kier alpha value is -2.44. The zero-order valence-corrected chi connectivity index (χ0v) is 17.7. The average Bonchev–Trinajstić information content (AvgIpc) is 3.25. The van der Waals surface area contributed by atoms with E-state index in [1.165, 1.54) is 6.07 Å². The third-order valence-electron chi connectivity index (χ3n) is 5.48. The summed E-state index contributed by atoms with van der Waals surface area (Å²) in [5, 5.41) is 3.41. The quantitative estimate of drug-likeness (QED) is 0.666. The van der Waals surface area contributed by atoms with Gasteiger partial charge in [0.05, 0.1) is 16.1 Å². The van der Waals surface area contributed by atoms with Crippen LogP contribution in [0.3, 0.4) is 0 Å². The van der Waals surface area contributed by atoms with Gasteiger partial charge in [-0.1, -0.05) is 42.1 Å². The molecule has 0 atom stereocenters. The van der Waals surface area contributed by atoms with Crippen LogP contribution in [-0.4, -0.2) is 31.7 Å². The standard InChI is InChI=1S/C22H21Cl2NO5/c23-15-4-5-16(24)17(12-15)25-20(26)13-30-21(27)22(7-1-2-8-22)14-3-6-18-19(11-14)29-10-9-28-18/h3-6,11-12H,1-2,7-10,13H2,(H,25,26). The Morgan fingerprint density at radius 2 is 1.73 bits per heavy atom. The normalized spacial score (nSPS) is 16.7. The number of esters is 1. The fourth-order valence-electron chi connectivity index (χ4n) is 3.98. The molecule has 0 radical (unpaired) electrons. The van der Waals surface area contributed by atoms with Crippen LogP contribution in [0.15, 0.2) is 36.4 Å². The molecule has 158 valence electrons. The van der Waals surface area contributed by atoms with E-state index >= 15 is 0 Å². The molecule has 0 bridgehead atoms. The molecule has 0 spiro atoms. The molecule has 4 rings (SSSR count). The molecule has 2 aliphatic rings. The third-order valence-corrected chi connectivity index (χ3v) is 6.04. The highest BCUT2D eigenvalue weighted by atomic mass is 35.5. The van der Waals surface area contributed by atoms with Crippen LogP contribution in [-0.2, 0) is 19.7 Å². The number of rotatable bonds is 5. The zero-order chi connectivity index (χ0) is 21.1. The van der Waals surface area contributed by atoms with Crippen molar-refractivity contribution >= 4 is 40.8 Å². The van der Waals surface area contributed by atoms with Crippen molar-refractivity contribution in [1.29, 1.82) is 0 Å². The number of fused-ring (bicyclic) bond motifs is 1. The van der Waals surface area contributed by atoms with Gasteiger partial charge in [0.25, 0.3) is 5.91 Å². The van der Waals surface area contributed by atoms with Crippen LogP contribution < -0.4 is 14.8 Å². The van der Waals surface area contributed by atoms with Crippen molar-refractivity contribution in [3.63, 3.8) is 0 Å². The molecule has 0 unspecified atom stereocenters.